The first-order chi connectivity index (χ1) is 19.7. The van der Waals surface area contributed by atoms with Gasteiger partial charge < -0.3 is 26.3 Å². The summed E-state index contributed by atoms with van der Waals surface area (Å²) in [6.07, 6.45) is 0. The van der Waals surface area contributed by atoms with Gasteiger partial charge in [0.25, 0.3) is 11.8 Å². The standard InChI is InChI=1S/C31H26N6O4/c1-18(38)32-23-11-5-21(6-12-23)30(40)34-25-9-3-20(4-10-25)29-36-27-16-15-26(17-28(27)37-29)35-31(41)22-7-13-24(14-8-22)33-19(2)39/h3-17H,1-2H3,(H,32,38)(H,33,39)(H,34,40)(H,35,41)(H,36,37). The molecule has 5 N–H and O–H groups in total. The minimum Gasteiger partial charge on any atom is -0.338 e. The van der Waals surface area contributed by atoms with Crippen LogP contribution in [0.4, 0.5) is 22.7 Å². The van der Waals surface area contributed by atoms with E-state index in [1.165, 1.54) is 13.8 Å². The first kappa shape index (κ1) is 26.8. The number of nitrogens with zero attached hydrogens (tertiary/aromatic N) is 1. The number of hydrogen-bond acceptors (Lipinski definition) is 5. The quantitative estimate of drug-likeness (QED) is 0.179. The Morgan fingerprint density at radius 1 is 0.561 bits per heavy atom. The molecule has 0 aliphatic heterocycles. The van der Waals surface area contributed by atoms with E-state index in [0.717, 1.165) is 16.6 Å². The Labute approximate surface area is 235 Å². The Balaban J connectivity index is 1.23. The maximum Gasteiger partial charge on any atom is 0.255 e. The fourth-order valence-electron chi connectivity index (χ4n) is 4.16. The average molecular weight is 547 g/mol. The van der Waals surface area contributed by atoms with Crippen LogP contribution in [0.2, 0.25) is 0 Å². The lowest BCUT2D eigenvalue weighted by molar-refractivity contribution is -0.115. The molecule has 10 heteroatoms. The van der Waals surface area contributed by atoms with E-state index in [2.05, 4.69) is 31.2 Å². The van der Waals surface area contributed by atoms with Gasteiger partial charge >= 0.3 is 0 Å². The largest absolute Gasteiger partial charge is 0.338 e. The molecule has 0 saturated carbocycles. The highest BCUT2D eigenvalue weighted by atomic mass is 16.2. The minimum atomic E-state index is -0.278. The third-order valence-electron chi connectivity index (χ3n) is 6.09. The van der Waals surface area contributed by atoms with Gasteiger partial charge in [-0.2, -0.15) is 0 Å². The van der Waals surface area contributed by atoms with Crippen molar-refractivity contribution in [3.8, 4) is 11.4 Å². The lowest BCUT2D eigenvalue weighted by Crippen LogP contribution is -2.12. The van der Waals surface area contributed by atoms with Crippen LogP contribution < -0.4 is 21.3 Å². The molecule has 0 fully saturated rings. The number of nitrogens with one attached hydrogen (secondary N) is 5. The van der Waals surface area contributed by atoms with Crippen LogP contribution in [0.25, 0.3) is 22.4 Å². The molecule has 0 unspecified atom stereocenters. The average Bonchev–Trinajstić information content (AvgIpc) is 3.37. The zero-order valence-electron chi connectivity index (χ0n) is 22.2. The van der Waals surface area contributed by atoms with E-state index in [0.29, 0.717) is 39.7 Å². The third kappa shape index (κ3) is 6.63. The number of carbonyl (C=O) groups excluding carboxylic acids is 4. The Hall–Kier alpha value is -5.77. The second-order valence-electron chi connectivity index (χ2n) is 9.32. The summed E-state index contributed by atoms with van der Waals surface area (Å²) in [5.74, 6) is -0.264. The smallest absolute Gasteiger partial charge is 0.255 e. The molecule has 1 aromatic heterocycles. The van der Waals surface area contributed by atoms with Gasteiger partial charge in [0.1, 0.15) is 5.82 Å². The number of amides is 4. The molecule has 0 spiro atoms. The fourth-order valence-corrected chi connectivity index (χ4v) is 4.16. The zero-order chi connectivity index (χ0) is 28.9. The van der Waals surface area contributed by atoms with Crippen molar-refractivity contribution in [1.82, 2.24) is 9.97 Å². The number of hydrogen-bond donors (Lipinski definition) is 5. The molecule has 5 aromatic rings. The van der Waals surface area contributed by atoms with Gasteiger partial charge in [-0.1, -0.05) is 0 Å². The van der Waals surface area contributed by atoms with Gasteiger partial charge in [-0.15, -0.1) is 0 Å². The number of H-pyrrole nitrogens is 1. The van der Waals surface area contributed by atoms with Crippen LogP contribution in [0.15, 0.2) is 91.0 Å². The highest BCUT2D eigenvalue weighted by Crippen LogP contribution is 2.25. The van der Waals surface area contributed by atoms with E-state index in [4.69, 9.17) is 0 Å². The second-order valence-corrected chi connectivity index (χ2v) is 9.32. The first-order valence-electron chi connectivity index (χ1n) is 12.7. The van der Waals surface area contributed by atoms with E-state index in [1.54, 1.807) is 72.8 Å². The summed E-state index contributed by atoms with van der Waals surface area (Å²) in [5.41, 5.74) is 5.69. The number of aromatic amines is 1. The van der Waals surface area contributed by atoms with Gasteiger partial charge in [0.05, 0.1) is 11.0 Å². The predicted octanol–water partition coefficient (Wildman–Crippen LogP) is 5.65. The summed E-state index contributed by atoms with van der Waals surface area (Å²) < 4.78 is 0. The number of benzene rings is 4. The van der Waals surface area contributed by atoms with E-state index in [-0.39, 0.29) is 23.6 Å². The lowest BCUT2D eigenvalue weighted by Gasteiger charge is -2.07. The first-order valence-corrected chi connectivity index (χ1v) is 12.7. The van der Waals surface area contributed by atoms with Crippen LogP contribution in [0.1, 0.15) is 34.6 Å². The zero-order valence-corrected chi connectivity index (χ0v) is 22.2. The van der Waals surface area contributed by atoms with Gasteiger partial charge in [0.15, 0.2) is 0 Å². The molecule has 1 heterocycles. The van der Waals surface area contributed by atoms with Crippen LogP contribution in [-0.2, 0) is 9.59 Å². The third-order valence-corrected chi connectivity index (χ3v) is 6.09. The minimum absolute atomic E-state index is 0.179. The van der Waals surface area contributed by atoms with Crippen molar-refractivity contribution in [3.05, 3.63) is 102 Å². The van der Waals surface area contributed by atoms with Crippen molar-refractivity contribution < 1.29 is 19.2 Å². The molecular weight excluding hydrogens is 520 g/mol. The van der Waals surface area contributed by atoms with Crippen molar-refractivity contribution in [1.29, 1.82) is 0 Å². The number of rotatable bonds is 7. The molecule has 5 rings (SSSR count). The Morgan fingerprint density at radius 2 is 1.00 bits per heavy atom. The molecule has 0 atom stereocenters. The van der Waals surface area contributed by atoms with Crippen molar-refractivity contribution in [2.75, 3.05) is 21.3 Å². The van der Waals surface area contributed by atoms with Crippen molar-refractivity contribution >= 4 is 57.4 Å². The van der Waals surface area contributed by atoms with E-state index < -0.39 is 0 Å². The van der Waals surface area contributed by atoms with E-state index in [9.17, 15) is 19.2 Å². The van der Waals surface area contributed by atoms with Gasteiger partial charge in [-0.3, -0.25) is 19.2 Å². The second kappa shape index (κ2) is 11.5. The topological polar surface area (TPSA) is 145 Å². The molecule has 0 saturated heterocycles. The van der Waals surface area contributed by atoms with Crippen LogP contribution in [0.3, 0.4) is 0 Å². The van der Waals surface area contributed by atoms with Gasteiger partial charge in [-0.05, 0) is 91.0 Å². The molecule has 0 aliphatic carbocycles. The summed E-state index contributed by atoms with van der Waals surface area (Å²) in [6.45, 7) is 2.85. The molecule has 4 aromatic carbocycles. The molecule has 0 aliphatic rings. The van der Waals surface area contributed by atoms with Crippen LogP contribution >= 0.6 is 0 Å². The normalized spacial score (nSPS) is 10.6. The van der Waals surface area contributed by atoms with E-state index >= 15 is 0 Å². The van der Waals surface area contributed by atoms with Crippen LogP contribution in [-0.4, -0.2) is 33.6 Å². The van der Waals surface area contributed by atoms with Crippen molar-refractivity contribution in [2.24, 2.45) is 0 Å². The molecule has 204 valence electrons. The Kier molecular flexibility index (Phi) is 7.55. The molecule has 4 amide bonds. The molecule has 10 nitrogen and oxygen atoms in total. The number of imidazole rings is 1. The summed E-state index contributed by atoms with van der Waals surface area (Å²) in [7, 11) is 0. The molecule has 0 bridgehead atoms. The van der Waals surface area contributed by atoms with Crippen molar-refractivity contribution in [3.63, 3.8) is 0 Å². The van der Waals surface area contributed by atoms with Crippen LogP contribution in [0, 0.1) is 0 Å². The summed E-state index contributed by atoms with van der Waals surface area (Å²) >= 11 is 0. The Morgan fingerprint density at radius 3 is 1.51 bits per heavy atom. The number of fused-ring (bicyclic) bond motifs is 1. The van der Waals surface area contributed by atoms with E-state index in [1.807, 2.05) is 18.2 Å². The lowest BCUT2D eigenvalue weighted by atomic mass is 10.1. The summed E-state index contributed by atoms with van der Waals surface area (Å²) in [4.78, 5) is 55.6. The number of aromatic nitrogens is 2. The summed E-state index contributed by atoms with van der Waals surface area (Å²) in [5, 5.41) is 11.1. The fraction of sp³-hybridized carbons (Fsp3) is 0.0645. The highest BCUT2D eigenvalue weighted by molar-refractivity contribution is 6.06. The van der Waals surface area contributed by atoms with Gasteiger partial charge in [-0.25, -0.2) is 4.98 Å². The maximum absolute atomic E-state index is 12.7. The SMILES string of the molecule is CC(=O)Nc1ccc(C(=O)Nc2ccc(-c3nc4ccc(NC(=O)c5ccc(NC(C)=O)cc5)cc4[nH]3)cc2)cc1. The van der Waals surface area contributed by atoms with Gasteiger partial charge in [0, 0.05) is 53.3 Å². The molecule has 0 radical (unpaired) electrons. The van der Waals surface area contributed by atoms with Gasteiger partial charge in [0.2, 0.25) is 11.8 Å². The van der Waals surface area contributed by atoms with Crippen molar-refractivity contribution in [2.45, 2.75) is 13.8 Å². The summed E-state index contributed by atoms with van der Waals surface area (Å²) in [6, 6.07) is 25.9. The number of anilines is 4. The molecular formula is C31H26N6O4. The predicted molar refractivity (Wildman–Crippen MR) is 159 cm³/mol. The Bertz CT molecular complexity index is 1760. The number of carbonyl (C=O) groups is 4. The highest BCUT2D eigenvalue weighted by Gasteiger charge is 2.11. The monoisotopic (exact) mass is 546 g/mol. The van der Waals surface area contributed by atoms with Crippen LogP contribution in [0.5, 0.6) is 0 Å². The molecule has 41 heavy (non-hydrogen) atoms. The maximum atomic E-state index is 12.7.